The van der Waals surface area contributed by atoms with E-state index in [1.54, 1.807) is 6.07 Å². The Bertz CT molecular complexity index is 528. The molecular formula is C13H18N4O3. The Hall–Kier alpha value is -1.99. The normalized spacial score (nSPS) is 15.1. The van der Waals surface area contributed by atoms with E-state index in [0.29, 0.717) is 18.2 Å². The maximum atomic E-state index is 11.1. The van der Waals surface area contributed by atoms with Gasteiger partial charge in [-0.2, -0.15) is 0 Å². The van der Waals surface area contributed by atoms with Gasteiger partial charge in [-0.05, 0) is 12.6 Å². The molecule has 3 N–H and O–H groups in total. The summed E-state index contributed by atoms with van der Waals surface area (Å²) in [5.41, 5.74) is 5.88. The number of carbonyl (C=O) groups excluding carboxylic acids is 1. The van der Waals surface area contributed by atoms with Crippen molar-refractivity contribution in [3.8, 4) is 0 Å². The fourth-order valence-electron chi connectivity index (χ4n) is 2.27. The zero-order valence-corrected chi connectivity index (χ0v) is 11.3. The molecule has 108 valence electrons. The van der Waals surface area contributed by atoms with Gasteiger partial charge in [-0.1, -0.05) is 13.0 Å². The van der Waals surface area contributed by atoms with Crippen molar-refractivity contribution < 1.29 is 9.72 Å². The Morgan fingerprint density at radius 1 is 1.55 bits per heavy atom. The van der Waals surface area contributed by atoms with Crippen LogP contribution in [0.25, 0.3) is 0 Å². The summed E-state index contributed by atoms with van der Waals surface area (Å²) in [4.78, 5) is 24.0. The maximum Gasteiger partial charge on any atom is 0.274 e. The van der Waals surface area contributed by atoms with E-state index >= 15 is 0 Å². The lowest BCUT2D eigenvalue weighted by molar-refractivity contribution is -0.385. The summed E-state index contributed by atoms with van der Waals surface area (Å²) in [5, 5.41) is 14.3. The molecule has 1 aromatic rings. The summed E-state index contributed by atoms with van der Waals surface area (Å²) in [7, 11) is 0. The van der Waals surface area contributed by atoms with Crippen LogP contribution < -0.4 is 11.1 Å². The number of nitrogens with one attached hydrogen (secondary N) is 1. The lowest BCUT2D eigenvalue weighted by Gasteiger charge is -2.37. The van der Waals surface area contributed by atoms with Crippen LogP contribution in [0.3, 0.4) is 0 Å². The SMILES string of the molecule is CCN(Cc1ccc(C(N)=O)cc1[N+](=O)[O-])C1CNC1. The van der Waals surface area contributed by atoms with Gasteiger partial charge in [0.15, 0.2) is 0 Å². The number of hydrogen-bond donors (Lipinski definition) is 2. The zero-order valence-electron chi connectivity index (χ0n) is 11.3. The van der Waals surface area contributed by atoms with Gasteiger partial charge in [-0.25, -0.2) is 0 Å². The van der Waals surface area contributed by atoms with Crippen molar-refractivity contribution in [2.45, 2.75) is 19.5 Å². The van der Waals surface area contributed by atoms with Crippen molar-refractivity contribution in [3.05, 3.63) is 39.4 Å². The van der Waals surface area contributed by atoms with E-state index in [2.05, 4.69) is 10.2 Å². The molecule has 7 nitrogen and oxygen atoms in total. The molecule has 1 saturated heterocycles. The lowest BCUT2D eigenvalue weighted by atomic mass is 10.1. The minimum atomic E-state index is -0.657. The number of primary amides is 1. The number of hydrogen-bond acceptors (Lipinski definition) is 5. The number of amides is 1. The zero-order chi connectivity index (χ0) is 14.7. The van der Waals surface area contributed by atoms with Crippen molar-refractivity contribution in [2.24, 2.45) is 5.73 Å². The first-order valence-corrected chi connectivity index (χ1v) is 6.54. The Balaban J connectivity index is 2.25. The van der Waals surface area contributed by atoms with Crippen LogP contribution >= 0.6 is 0 Å². The molecular weight excluding hydrogens is 260 g/mol. The van der Waals surface area contributed by atoms with Gasteiger partial charge >= 0.3 is 0 Å². The fourth-order valence-corrected chi connectivity index (χ4v) is 2.27. The van der Waals surface area contributed by atoms with Crippen LogP contribution in [0.2, 0.25) is 0 Å². The van der Waals surface area contributed by atoms with E-state index in [1.807, 2.05) is 6.92 Å². The first-order chi connectivity index (χ1) is 9.52. The van der Waals surface area contributed by atoms with Crippen molar-refractivity contribution in [2.75, 3.05) is 19.6 Å². The first kappa shape index (κ1) is 14.4. The Morgan fingerprint density at radius 2 is 2.25 bits per heavy atom. The molecule has 0 radical (unpaired) electrons. The van der Waals surface area contributed by atoms with E-state index in [9.17, 15) is 14.9 Å². The highest BCUT2D eigenvalue weighted by atomic mass is 16.6. The minimum Gasteiger partial charge on any atom is -0.366 e. The van der Waals surface area contributed by atoms with Gasteiger partial charge in [0.2, 0.25) is 5.91 Å². The quantitative estimate of drug-likeness (QED) is 0.582. The summed E-state index contributed by atoms with van der Waals surface area (Å²) >= 11 is 0. The lowest BCUT2D eigenvalue weighted by Crippen LogP contribution is -2.56. The van der Waals surface area contributed by atoms with Crippen LogP contribution in [0.5, 0.6) is 0 Å². The van der Waals surface area contributed by atoms with Crippen molar-refractivity contribution >= 4 is 11.6 Å². The second-order valence-corrected chi connectivity index (χ2v) is 4.84. The van der Waals surface area contributed by atoms with E-state index in [1.165, 1.54) is 12.1 Å². The second-order valence-electron chi connectivity index (χ2n) is 4.84. The van der Waals surface area contributed by atoms with E-state index in [4.69, 9.17) is 5.73 Å². The molecule has 0 atom stereocenters. The Morgan fingerprint density at radius 3 is 2.70 bits per heavy atom. The third-order valence-electron chi connectivity index (χ3n) is 3.62. The molecule has 1 amide bonds. The van der Waals surface area contributed by atoms with Crippen LogP contribution in [0, 0.1) is 10.1 Å². The highest BCUT2D eigenvalue weighted by Gasteiger charge is 2.26. The molecule has 0 aliphatic carbocycles. The van der Waals surface area contributed by atoms with Gasteiger partial charge in [0.05, 0.1) is 4.92 Å². The fraction of sp³-hybridized carbons (Fsp3) is 0.462. The summed E-state index contributed by atoms with van der Waals surface area (Å²) < 4.78 is 0. The van der Waals surface area contributed by atoms with Crippen molar-refractivity contribution in [1.29, 1.82) is 0 Å². The van der Waals surface area contributed by atoms with E-state index in [0.717, 1.165) is 19.6 Å². The summed E-state index contributed by atoms with van der Waals surface area (Å²) in [5.74, 6) is -0.657. The Kier molecular flexibility index (Phi) is 4.31. The van der Waals surface area contributed by atoms with E-state index < -0.39 is 10.8 Å². The number of rotatable bonds is 6. The van der Waals surface area contributed by atoms with Gasteiger partial charge < -0.3 is 11.1 Å². The van der Waals surface area contributed by atoms with Crippen LogP contribution in [-0.2, 0) is 6.54 Å². The maximum absolute atomic E-state index is 11.1. The molecule has 0 bridgehead atoms. The van der Waals surface area contributed by atoms with Gasteiger partial charge in [-0.3, -0.25) is 19.8 Å². The molecule has 0 saturated carbocycles. The van der Waals surface area contributed by atoms with Gasteiger partial charge in [-0.15, -0.1) is 0 Å². The molecule has 20 heavy (non-hydrogen) atoms. The van der Waals surface area contributed by atoms with Crippen molar-refractivity contribution in [1.82, 2.24) is 10.2 Å². The molecule has 0 unspecified atom stereocenters. The molecule has 0 spiro atoms. The number of likely N-dealkylation sites (N-methyl/N-ethyl adjacent to an activating group) is 1. The molecule has 0 aromatic heterocycles. The van der Waals surface area contributed by atoms with Crippen LogP contribution in [0.15, 0.2) is 18.2 Å². The average Bonchev–Trinajstić information content (AvgIpc) is 2.35. The Labute approximate surface area is 116 Å². The number of nitrogens with two attached hydrogens (primary N) is 1. The first-order valence-electron chi connectivity index (χ1n) is 6.54. The van der Waals surface area contributed by atoms with Crippen molar-refractivity contribution in [3.63, 3.8) is 0 Å². The molecule has 1 aromatic carbocycles. The third-order valence-corrected chi connectivity index (χ3v) is 3.62. The topological polar surface area (TPSA) is 102 Å². The third kappa shape index (κ3) is 2.94. The standard InChI is InChI=1S/C13H18N4O3/c1-2-16(11-6-15-7-11)8-10-4-3-9(13(14)18)5-12(10)17(19)20/h3-5,11,15H,2,6-8H2,1H3,(H2,14,18). The van der Waals surface area contributed by atoms with E-state index in [-0.39, 0.29) is 11.3 Å². The largest absolute Gasteiger partial charge is 0.366 e. The smallest absolute Gasteiger partial charge is 0.274 e. The van der Waals surface area contributed by atoms with Gasteiger partial charge in [0.1, 0.15) is 0 Å². The molecule has 1 heterocycles. The predicted octanol–water partition coefficient (Wildman–Crippen LogP) is 0.487. The summed E-state index contributed by atoms with van der Waals surface area (Å²) in [6, 6.07) is 4.82. The van der Waals surface area contributed by atoms with Gasteiger partial charge in [0, 0.05) is 42.9 Å². The molecule has 1 aliphatic rings. The highest BCUT2D eigenvalue weighted by molar-refractivity contribution is 5.93. The predicted molar refractivity (Wildman–Crippen MR) is 74.4 cm³/mol. The monoisotopic (exact) mass is 278 g/mol. The molecule has 7 heteroatoms. The average molecular weight is 278 g/mol. The van der Waals surface area contributed by atoms with Gasteiger partial charge in [0.25, 0.3) is 5.69 Å². The number of nitrogens with zero attached hydrogens (tertiary/aromatic N) is 2. The highest BCUT2D eigenvalue weighted by Crippen LogP contribution is 2.23. The number of benzene rings is 1. The summed E-state index contributed by atoms with van der Waals surface area (Å²) in [6.07, 6.45) is 0. The minimum absolute atomic E-state index is 0.0490. The number of nitro groups is 1. The number of nitro benzene ring substituents is 1. The van der Waals surface area contributed by atoms with Crippen LogP contribution in [0.1, 0.15) is 22.8 Å². The molecule has 2 rings (SSSR count). The van der Waals surface area contributed by atoms with Crippen LogP contribution in [0.4, 0.5) is 5.69 Å². The number of carbonyl (C=O) groups is 1. The molecule has 1 fully saturated rings. The second kappa shape index (κ2) is 5.98. The molecule has 1 aliphatic heterocycles. The van der Waals surface area contributed by atoms with Crippen LogP contribution in [-0.4, -0.2) is 41.4 Å². The summed E-state index contributed by atoms with van der Waals surface area (Å²) in [6.45, 7) is 5.16.